The van der Waals surface area contributed by atoms with Crippen LogP contribution >= 0.6 is 0 Å². The SMILES string of the molecule is O=C(O)C1C=Cc2cc3ccccc3cc2S1=O. The second kappa shape index (κ2) is 4.07. The van der Waals surface area contributed by atoms with Crippen LogP contribution in [0, 0.1) is 0 Å². The average molecular weight is 258 g/mol. The molecule has 1 aliphatic rings. The third-order valence-corrected chi connectivity index (χ3v) is 4.63. The van der Waals surface area contributed by atoms with Gasteiger partial charge in [-0.05, 0) is 28.5 Å². The molecule has 0 aromatic heterocycles. The summed E-state index contributed by atoms with van der Waals surface area (Å²) >= 11 is 0. The van der Waals surface area contributed by atoms with Gasteiger partial charge < -0.3 is 5.11 Å². The van der Waals surface area contributed by atoms with Crippen molar-refractivity contribution in [2.24, 2.45) is 0 Å². The highest BCUT2D eigenvalue weighted by molar-refractivity contribution is 7.86. The quantitative estimate of drug-likeness (QED) is 0.854. The Balaban J connectivity index is 2.23. The zero-order chi connectivity index (χ0) is 12.7. The number of fused-ring (bicyclic) bond motifs is 2. The number of hydrogen-bond donors (Lipinski definition) is 1. The van der Waals surface area contributed by atoms with Crippen LogP contribution in [-0.2, 0) is 15.6 Å². The topological polar surface area (TPSA) is 54.4 Å². The van der Waals surface area contributed by atoms with E-state index in [1.807, 2.05) is 36.4 Å². The highest BCUT2D eigenvalue weighted by Gasteiger charge is 2.28. The van der Waals surface area contributed by atoms with Crippen molar-refractivity contribution in [3.63, 3.8) is 0 Å². The van der Waals surface area contributed by atoms with Gasteiger partial charge in [0.15, 0.2) is 5.25 Å². The Hall–Kier alpha value is -1.94. The molecule has 1 heterocycles. The molecule has 0 aliphatic carbocycles. The molecule has 1 aliphatic heterocycles. The molecule has 2 aromatic carbocycles. The van der Waals surface area contributed by atoms with Crippen molar-refractivity contribution in [1.29, 1.82) is 0 Å². The van der Waals surface area contributed by atoms with Gasteiger partial charge in [0, 0.05) is 4.90 Å². The number of aliphatic carboxylic acids is 1. The van der Waals surface area contributed by atoms with E-state index >= 15 is 0 Å². The van der Waals surface area contributed by atoms with Gasteiger partial charge in [0.2, 0.25) is 0 Å². The third kappa shape index (κ3) is 1.66. The van der Waals surface area contributed by atoms with E-state index in [4.69, 9.17) is 5.11 Å². The van der Waals surface area contributed by atoms with Crippen LogP contribution in [0.4, 0.5) is 0 Å². The smallest absolute Gasteiger partial charge is 0.323 e. The normalized spacial score (nSPS) is 21.8. The first-order valence-electron chi connectivity index (χ1n) is 5.51. The summed E-state index contributed by atoms with van der Waals surface area (Å²) in [6, 6.07) is 11.5. The number of hydrogen-bond acceptors (Lipinski definition) is 2. The molecular weight excluding hydrogens is 248 g/mol. The summed E-state index contributed by atoms with van der Waals surface area (Å²) in [6.45, 7) is 0. The van der Waals surface area contributed by atoms with Crippen LogP contribution in [0.25, 0.3) is 16.8 Å². The standard InChI is InChI=1S/C14H10O3S/c15-14(16)12-6-5-11-7-9-3-1-2-4-10(9)8-13(11)18(12)17/h1-8,12H,(H,15,16). The highest BCUT2D eigenvalue weighted by Crippen LogP contribution is 2.29. The van der Waals surface area contributed by atoms with E-state index in [0.29, 0.717) is 4.90 Å². The highest BCUT2D eigenvalue weighted by atomic mass is 32.2. The minimum atomic E-state index is -1.53. The van der Waals surface area contributed by atoms with E-state index in [1.165, 1.54) is 6.08 Å². The molecule has 90 valence electrons. The van der Waals surface area contributed by atoms with Crippen LogP contribution < -0.4 is 0 Å². The van der Waals surface area contributed by atoms with E-state index in [1.54, 1.807) is 6.08 Å². The summed E-state index contributed by atoms with van der Waals surface area (Å²) in [5.41, 5.74) is 0.838. The molecule has 1 N–H and O–H groups in total. The summed E-state index contributed by atoms with van der Waals surface area (Å²) in [5, 5.41) is 10.1. The summed E-state index contributed by atoms with van der Waals surface area (Å²) in [7, 11) is -1.53. The van der Waals surface area contributed by atoms with Crippen molar-refractivity contribution in [3.05, 3.63) is 48.0 Å². The number of benzene rings is 2. The third-order valence-electron chi connectivity index (χ3n) is 3.02. The van der Waals surface area contributed by atoms with Gasteiger partial charge in [-0.1, -0.05) is 36.4 Å². The van der Waals surface area contributed by atoms with Crippen molar-refractivity contribution in [3.8, 4) is 0 Å². The first kappa shape index (κ1) is 11.2. The van der Waals surface area contributed by atoms with E-state index < -0.39 is 22.0 Å². The fourth-order valence-corrected chi connectivity index (χ4v) is 3.39. The van der Waals surface area contributed by atoms with Gasteiger partial charge in [-0.3, -0.25) is 9.00 Å². The molecule has 0 saturated heterocycles. The lowest BCUT2D eigenvalue weighted by Crippen LogP contribution is -2.25. The zero-order valence-corrected chi connectivity index (χ0v) is 10.2. The van der Waals surface area contributed by atoms with Crippen molar-refractivity contribution < 1.29 is 14.1 Å². The van der Waals surface area contributed by atoms with Gasteiger partial charge >= 0.3 is 5.97 Å². The molecule has 18 heavy (non-hydrogen) atoms. The first-order valence-corrected chi connectivity index (χ1v) is 6.72. The molecule has 0 bridgehead atoms. The van der Waals surface area contributed by atoms with E-state index in [-0.39, 0.29) is 0 Å². The molecule has 0 saturated carbocycles. The van der Waals surface area contributed by atoms with Gasteiger partial charge in [0.25, 0.3) is 0 Å². The monoisotopic (exact) mass is 258 g/mol. The van der Waals surface area contributed by atoms with Gasteiger partial charge in [-0.2, -0.15) is 0 Å². The second-order valence-corrected chi connectivity index (χ2v) is 5.70. The molecule has 4 heteroatoms. The van der Waals surface area contributed by atoms with E-state index in [0.717, 1.165) is 16.3 Å². The molecule has 0 spiro atoms. The summed E-state index contributed by atoms with van der Waals surface area (Å²) in [5.74, 6) is -1.05. The Bertz CT molecular complexity index is 703. The molecule has 0 radical (unpaired) electrons. The Morgan fingerprint density at radius 3 is 2.50 bits per heavy atom. The van der Waals surface area contributed by atoms with Crippen molar-refractivity contribution in [1.82, 2.24) is 0 Å². The number of rotatable bonds is 1. The van der Waals surface area contributed by atoms with Crippen molar-refractivity contribution >= 4 is 33.6 Å². The zero-order valence-electron chi connectivity index (χ0n) is 9.37. The average Bonchev–Trinajstić information content (AvgIpc) is 2.37. The van der Waals surface area contributed by atoms with E-state index in [2.05, 4.69) is 0 Å². The largest absolute Gasteiger partial charge is 0.480 e. The van der Waals surface area contributed by atoms with Crippen LogP contribution in [0.3, 0.4) is 0 Å². The number of carbonyl (C=O) groups is 1. The van der Waals surface area contributed by atoms with Crippen LogP contribution in [0.5, 0.6) is 0 Å². The molecule has 0 amide bonds. The first-order chi connectivity index (χ1) is 8.66. The summed E-state index contributed by atoms with van der Waals surface area (Å²) in [6.07, 6.45) is 3.23. The van der Waals surface area contributed by atoms with Crippen LogP contribution in [-0.4, -0.2) is 20.5 Å². The second-order valence-electron chi connectivity index (χ2n) is 4.15. The maximum absolute atomic E-state index is 12.2. The van der Waals surface area contributed by atoms with Crippen LogP contribution in [0.2, 0.25) is 0 Å². The van der Waals surface area contributed by atoms with Crippen molar-refractivity contribution in [2.45, 2.75) is 10.1 Å². The molecule has 2 aromatic rings. The molecule has 3 rings (SSSR count). The Kier molecular flexibility index (Phi) is 2.52. The number of carboxylic acid groups (broad SMARTS) is 1. The summed E-state index contributed by atoms with van der Waals surface area (Å²) in [4.78, 5) is 11.6. The van der Waals surface area contributed by atoms with Gasteiger partial charge in [0.1, 0.15) is 0 Å². The number of carboxylic acids is 1. The van der Waals surface area contributed by atoms with Crippen LogP contribution in [0.1, 0.15) is 5.56 Å². The maximum Gasteiger partial charge on any atom is 0.323 e. The molecule has 2 unspecified atom stereocenters. The van der Waals surface area contributed by atoms with Gasteiger partial charge in [0.05, 0.1) is 10.8 Å². The fourth-order valence-electron chi connectivity index (χ4n) is 2.11. The lowest BCUT2D eigenvalue weighted by Gasteiger charge is -2.16. The van der Waals surface area contributed by atoms with Gasteiger partial charge in [-0.15, -0.1) is 0 Å². The Morgan fingerprint density at radius 1 is 1.17 bits per heavy atom. The van der Waals surface area contributed by atoms with Crippen LogP contribution in [0.15, 0.2) is 47.4 Å². The summed E-state index contributed by atoms with van der Waals surface area (Å²) < 4.78 is 12.2. The Morgan fingerprint density at radius 2 is 1.83 bits per heavy atom. The minimum Gasteiger partial charge on any atom is -0.480 e. The lowest BCUT2D eigenvalue weighted by atomic mass is 10.1. The lowest BCUT2D eigenvalue weighted by molar-refractivity contribution is -0.135. The predicted octanol–water partition coefficient (Wildman–Crippen LogP) is 2.43. The molecular formula is C14H10O3S. The predicted molar refractivity (Wildman–Crippen MR) is 70.8 cm³/mol. The van der Waals surface area contributed by atoms with Gasteiger partial charge in [-0.25, -0.2) is 0 Å². The molecule has 2 atom stereocenters. The van der Waals surface area contributed by atoms with E-state index in [9.17, 15) is 9.00 Å². The Labute approximate surface area is 106 Å². The minimum absolute atomic E-state index is 0.601. The molecule has 0 fully saturated rings. The van der Waals surface area contributed by atoms with Crippen molar-refractivity contribution in [2.75, 3.05) is 0 Å². The maximum atomic E-state index is 12.2. The molecule has 3 nitrogen and oxygen atoms in total. The fraction of sp³-hybridized carbons (Fsp3) is 0.0714.